The van der Waals surface area contributed by atoms with E-state index in [4.69, 9.17) is 5.11 Å². The average molecular weight is 280 g/mol. The third kappa shape index (κ3) is 3.23. The van der Waals surface area contributed by atoms with Crippen molar-refractivity contribution in [2.45, 2.75) is 24.5 Å². The molecule has 1 heterocycles. The Hall–Kier alpha value is -1.63. The number of aromatic nitrogens is 1. The lowest BCUT2D eigenvalue weighted by molar-refractivity contribution is 0.277. The number of hydrogen-bond acceptors (Lipinski definition) is 3. The molecule has 2 aromatic rings. The van der Waals surface area contributed by atoms with Crippen molar-refractivity contribution < 1.29 is 13.5 Å². The maximum Gasteiger partial charge on any atom is 0.242 e. The highest BCUT2D eigenvalue weighted by Gasteiger charge is 2.19. The maximum absolute atomic E-state index is 12.1. The molecule has 0 aliphatic carbocycles. The zero-order valence-electron chi connectivity index (χ0n) is 10.5. The molecular weight excluding hydrogens is 264 g/mol. The van der Waals surface area contributed by atoms with Crippen molar-refractivity contribution in [2.24, 2.45) is 0 Å². The lowest BCUT2D eigenvalue weighted by Gasteiger charge is -2.13. The van der Waals surface area contributed by atoms with Crippen molar-refractivity contribution in [3.8, 4) is 0 Å². The largest absolute Gasteiger partial charge is 0.390 e. The van der Waals surface area contributed by atoms with Gasteiger partial charge in [0, 0.05) is 17.9 Å². The lowest BCUT2D eigenvalue weighted by Crippen LogP contribution is -2.26. The van der Waals surface area contributed by atoms with Gasteiger partial charge in [0.25, 0.3) is 0 Å². The lowest BCUT2D eigenvalue weighted by atomic mass is 10.1. The third-order valence-corrected chi connectivity index (χ3v) is 4.35. The Kier molecular flexibility index (Phi) is 4.04. The summed E-state index contributed by atoms with van der Waals surface area (Å²) in [6, 6.07) is 10.4. The van der Waals surface area contributed by atoms with Crippen molar-refractivity contribution in [1.82, 2.24) is 9.71 Å². The predicted molar refractivity (Wildman–Crippen MR) is 71.9 cm³/mol. The molecule has 0 saturated heterocycles. The van der Waals surface area contributed by atoms with Crippen LogP contribution in [0, 0.1) is 0 Å². The van der Waals surface area contributed by atoms with Gasteiger partial charge in [-0.15, -0.1) is 0 Å². The fourth-order valence-corrected chi connectivity index (χ4v) is 3.02. The number of H-pyrrole nitrogens is 1. The molecule has 0 radical (unpaired) electrons. The van der Waals surface area contributed by atoms with Crippen molar-refractivity contribution >= 4 is 10.0 Å². The van der Waals surface area contributed by atoms with E-state index in [2.05, 4.69) is 9.71 Å². The fourth-order valence-electron chi connectivity index (χ4n) is 1.78. The van der Waals surface area contributed by atoms with Crippen LogP contribution < -0.4 is 4.72 Å². The van der Waals surface area contributed by atoms with Gasteiger partial charge in [-0.2, -0.15) is 0 Å². The summed E-state index contributed by atoms with van der Waals surface area (Å²) in [5.41, 5.74) is 1.36. The second-order valence-corrected chi connectivity index (χ2v) is 5.99. The van der Waals surface area contributed by atoms with Crippen LogP contribution in [0.3, 0.4) is 0 Å². The van der Waals surface area contributed by atoms with Crippen LogP contribution in [0.4, 0.5) is 0 Å². The fraction of sp³-hybridized carbons (Fsp3) is 0.231. The number of sulfonamides is 1. The number of nitrogens with one attached hydrogen (secondary N) is 2. The van der Waals surface area contributed by atoms with Crippen LogP contribution >= 0.6 is 0 Å². The van der Waals surface area contributed by atoms with Crippen LogP contribution in [0.15, 0.2) is 47.5 Å². The summed E-state index contributed by atoms with van der Waals surface area (Å²) in [6.45, 7) is 1.57. The first kappa shape index (κ1) is 13.8. The van der Waals surface area contributed by atoms with E-state index in [1.54, 1.807) is 6.92 Å². The van der Waals surface area contributed by atoms with Gasteiger partial charge in [-0.3, -0.25) is 0 Å². The Morgan fingerprint density at radius 1 is 1.32 bits per heavy atom. The van der Waals surface area contributed by atoms with Crippen molar-refractivity contribution in [1.29, 1.82) is 0 Å². The summed E-state index contributed by atoms with van der Waals surface area (Å²) < 4.78 is 26.9. The van der Waals surface area contributed by atoms with Gasteiger partial charge in [0.1, 0.15) is 0 Å². The van der Waals surface area contributed by atoms with Gasteiger partial charge in [0.2, 0.25) is 10.0 Å². The Bertz CT molecular complexity index is 635. The van der Waals surface area contributed by atoms with Crippen molar-refractivity contribution in [3.05, 3.63) is 53.9 Å². The van der Waals surface area contributed by atoms with Gasteiger partial charge in [-0.1, -0.05) is 30.3 Å². The molecule has 1 aromatic carbocycles. The molecule has 2 rings (SSSR count). The highest BCUT2D eigenvalue weighted by molar-refractivity contribution is 7.89. The molecular formula is C13H16N2O3S. The number of aliphatic hydroxyl groups excluding tert-OH is 1. The van der Waals surface area contributed by atoms with Crippen LogP contribution in [0.25, 0.3) is 0 Å². The Morgan fingerprint density at radius 3 is 2.58 bits per heavy atom. The van der Waals surface area contributed by atoms with Gasteiger partial charge in [0.05, 0.1) is 11.5 Å². The third-order valence-electron chi connectivity index (χ3n) is 2.83. The molecule has 0 fully saturated rings. The molecule has 1 unspecified atom stereocenters. The van der Waals surface area contributed by atoms with Gasteiger partial charge in [-0.25, -0.2) is 13.1 Å². The minimum Gasteiger partial charge on any atom is -0.390 e. The first-order valence-corrected chi connectivity index (χ1v) is 7.36. The van der Waals surface area contributed by atoms with E-state index >= 15 is 0 Å². The Balaban J connectivity index is 2.17. The summed E-state index contributed by atoms with van der Waals surface area (Å²) in [5, 5.41) is 8.93. The molecule has 5 nitrogen and oxygen atoms in total. The van der Waals surface area contributed by atoms with Crippen LogP contribution in [-0.4, -0.2) is 18.5 Å². The zero-order valence-corrected chi connectivity index (χ0v) is 11.3. The van der Waals surface area contributed by atoms with Crippen LogP contribution in [0.1, 0.15) is 24.2 Å². The monoisotopic (exact) mass is 280 g/mol. The van der Waals surface area contributed by atoms with E-state index in [-0.39, 0.29) is 17.5 Å². The highest BCUT2D eigenvalue weighted by atomic mass is 32.2. The van der Waals surface area contributed by atoms with Crippen molar-refractivity contribution in [2.75, 3.05) is 0 Å². The van der Waals surface area contributed by atoms with E-state index in [9.17, 15) is 8.42 Å². The molecule has 102 valence electrons. The van der Waals surface area contributed by atoms with Gasteiger partial charge < -0.3 is 10.1 Å². The summed E-state index contributed by atoms with van der Waals surface area (Å²) in [6.07, 6.45) is 1.37. The standard InChI is InChI=1S/C13H16N2O3S/c1-10(11-5-3-2-4-6-11)15-19(17,18)13-7-12(9-16)14-8-13/h2-8,10,14-16H,9H2,1H3. The highest BCUT2D eigenvalue weighted by Crippen LogP contribution is 2.17. The van der Waals surface area contributed by atoms with Crippen LogP contribution in [-0.2, 0) is 16.6 Å². The van der Waals surface area contributed by atoms with Gasteiger partial charge in [-0.05, 0) is 18.6 Å². The topological polar surface area (TPSA) is 82.2 Å². The number of aromatic amines is 1. The normalized spacial score (nSPS) is 13.4. The number of aliphatic hydroxyl groups is 1. The average Bonchev–Trinajstić information content (AvgIpc) is 2.89. The predicted octanol–water partition coefficient (Wildman–Crippen LogP) is 1.55. The number of benzene rings is 1. The molecule has 1 aromatic heterocycles. The molecule has 0 aliphatic rings. The van der Waals surface area contributed by atoms with E-state index in [1.807, 2.05) is 30.3 Å². The van der Waals surface area contributed by atoms with Gasteiger partial charge >= 0.3 is 0 Å². The number of rotatable bonds is 5. The first-order valence-electron chi connectivity index (χ1n) is 5.88. The molecule has 0 amide bonds. The molecule has 0 saturated carbocycles. The molecule has 0 bridgehead atoms. The minimum absolute atomic E-state index is 0.124. The summed E-state index contributed by atoms with van der Waals surface area (Å²) >= 11 is 0. The summed E-state index contributed by atoms with van der Waals surface area (Å²) in [5.74, 6) is 0. The van der Waals surface area contributed by atoms with E-state index in [0.717, 1.165) is 5.56 Å². The van der Waals surface area contributed by atoms with E-state index < -0.39 is 10.0 Å². The smallest absolute Gasteiger partial charge is 0.242 e. The molecule has 19 heavy (non-hydrogen) atoms. The van der Waals surface area contributed by atoms with Crippen molar-refractivity contribution in [3.63, 3.8) is 0 Å². The molecule has 1 atom stereocenters. The first-order chi connectivity index (χ1) is 9.03. The summed E-state index contributed by atoms with van der Waals surface area (Å²) in [7, 11) is -3.59. The minimum atomic E-state index is -3.59. The zero-order chi connectivity index (χ0) is 13.9. The SMILES string of the molecule is CC(NS(=O)(=O)c1c[nH]c(CO)c1)c1ccccc1. The van der Waals surface area contributed by atoms with Crippen LogP contribution in [0.5, 0.6) is 0 Å². The second kappa shape index (κ2) is 5.56. The molecule has 0 aliphatic heterocycles. The molecule has 6 heteroatoms. The van der Waals surface area contributed by atoms with Crippen LogP contribution in [0.2, 0.25) is 0 Å². The number of hydrogen-bond donors (Lipinski definition) is 3. The van der Waals surface area contributed by atoms with E-state index in [0.29, 0.717) is 5.69 Å². The van der Waals surface area contributed by atoms with Gasteiger partial charge in [0.15, 0.2) is 0 Å². The second-order valence-electron chi connectivity index (χ2n) is 4.27. The maximum atomic E-state index is 12.1. The Labute approximate surface area is 112 Å². The van der Waals surface area contributed by atoms with E-state index in [1.165, 1.54) is 12.3 Å². The quantitative estimate of drug-likeness (QED) is 0.777. The Morgan fingerprint density at radius 2 is 2.00 bits per heavy atom. The summed E-state index contributed by atoms with van der Waals surface area (Å²) in [4.78, 5) is 2.83. The molecule has 3 N–H and O–H groups in total. The molecule has 0 spiro atoms.